The molecule has 0 unspecified atom stereocenters. The van der Waals surface area contributed by atoms with Crippen LogP contribution in [0.1, 0.15) is 12.8 Å². The van der Waals surface area contributed by atoms with Gasteiger partial charge in [0.05, 0.1) is 0 Å². The Balaban J connectivity index is 2.17. The van der Waals surface area contributed by atoms with Gasteiger partial charge in [0, 0.05) is 29.6 Å². The molecule has 1 fully saturated rings. The van der Waals surface area contributed by atoms with Gasteiger partial charge >= 0.3 is 0 Å². The Hall–Kier alpha value is 0.460. The van der Waals surface area contributed by atoms with E-state index in [0.717, 1.165) is 30.0 Å². The van der Waals surface area contributed by atoms with Crippen LogP contribution in [0.2, 0.25) is 0 Å². The summed E-state index contributed by atoms with van der Waals surface area (Å²) in [6.45, 7) is 2.22. The molecule has 1 N–H and O–H groups in total. The Bertz CT molecular complexity index is 112. The average Bonchev–Trinajstić information content (AvgIpc) is 1.93. The van der Waals surface area contributed by atoms with Gasteiger partial charge in [-0.3, -0.25) is 0 Å². The molecule has 0 radical (unpaired) electrons. The lowest BCUT2D eigenvalue weighted by Crippen LogP contribution is -2.43. The summed E-state index contributed by atoms with van der Waals surface area (Å²) in [5, 5.41) is 0. The minimum Gasteiger partial charge on any atom is -0.306 e. The number of hydrogen-bond donors (Lipinski definition) is 1. The number of nitrogens with zero attached hydrogens (tertiary/aromatic N) is 2. The molecule has 0 aromatic heterocycles. The highest BCUT2D eigenvalue weighted by atomic mass is 35.5. The highest BCUT2D eigenvalue weighted by Crippen LogP contribution is 2.09. The second-order valence-corrected chi connectivity index (χ2v) is 3.79. The fourth-order valence-electron chi connectivity index (χ4n) is 1.28. The molecule has 11 heavy (non-hydrogen) atoms. The molecule has 66 valence electrons. The first kappa shape index (κ1) is 9.55. The van der Waals surface area contributed by atoms with E-state index in [-0.39, 0.29) is 0 Å². The van der Waals surface area contributed by atoms with Crippen LogP contribution in [0.4, 0.5) is 0 Å². The van der Waals surface area contributed by atoms with E-state index in [9.17, 15) is 0 Å². The van der Waals surface area contributed by atoms with Gasteiger partial charge in [0.25, 0.3) is 0 Å². The van der Waals surface area contributed by atoms with Crippen molar-refractivity contribution in [2.45, 2.75) is 18.9 Å². The van der Waals surface area contributed by atoms with E-state index in [1.165, 1.54) is 0 Å². The number of piperidine rings is 1. The summed E-state index contributed by atoms with van der Waals surface area (Å²) in [5.41, 5.74) is 2.94. The van der Waals surface area contributed by atoms with Gasteiger partial charge in [0.1, 0.15) is 0 Å². The van der Waals surface area contributed by atoms with Gasteiger partial charge in [-0.25, -0.2) is 5.43 Å². The predicted molar refractivity (Wildman–Crippen MR) is 47.2 cm³/mol. The van der Waals surface area contributed by atoms with Crippen LogP contribution < -0.4 is 5.43 Å². The summed E-state index contributed by atoms with van der Waals surface area (Å²) in [6.07, 6.45) is 2.21. The third kappa shape index (κ3) is 3.58. The van der Waals surface area contributed by atoms with Crippen molar-refractivity contribution in [3.05, 3.63) is 0 Å². The monoisotopic (exact) mass is 197 g/mol. The van der Waals surface area contributed by atoms with Crippen molar-refractivity contribution in [1.29, 1.82) is 0 Å². The van der Waals surface area contributed by atoms with Crippen LogP contribution in [0.25, 0.3) is 0 Å². The van der Waals surface area contributed by atoms with Crippen molar-refractivity contribution in [3.8, 4) is 0 Å². The Labute approximate surface area is 77.4 Å². The molecule has 3 nitrogen and oxygen atoms in total. The van der Waals surface area contributed by atoms with Crippen molar-refractivity contribution in [3.63, 3.8) is 0 Å². The number of nitrogens with one attached hydrogen (secondary N) is 1. The molecule has 1 heterocycles. The maximum absolute atomic E-state index is 5.42. The van der Waals surface area contributed by atoms with Gasteiger partial charge in [-0.1, -0.05) is 4.05 Å². The molecule has 0 spiro atoms. The fraction of sp³-hybridized carbons (Fsp3) is 1.00. The molecule has 0 aromatic rings. The molecule has 1 saturated heterocycles. The maximum Gasteiger partial charge on any atom is 0.0265 e. The zero-order valence-corrected chi connectivity index (χ0v) is 8.07. The second-order valence-electron chi connectivity index (χ2n) is 2.94. The molecule has 1 aliphatic heterocycles. The van der Waals surface area contributed by atoms with Crippen LogP contribution in [0.3, 0.4) is 0 Å². The summed E-state index contributed by atoms with van der Waals surface area (Å²) in [5.74, 6) is 0. The normalized spacial score (nSPS) is 22.9. The number of hydrogen-bond acceptors (Lipinski definition) is 3. The van der Waals surface area contributed by atoms with E-state index in [1.807, 2.05) is 0 Å². The topological polar surface area (TPSA) is 18.5 Å². The molecule has 0 bridgehead atoms. The van der Waals surface area contributed by atoms with E-state index in [0.29, 0.717) is 6.04 Å². The van der Waals surface area contributed by atoms with Crippen LogP contribution in [0.5, 0.6) is 0 Å². The summed E-state index contributed by atoms with van der Waals surface area (Å²) in [4.78, 5) is 2.30. The molecule has 0 aromatic carbocycles. The molecule has 1 rings (SSSR count). The smallest absolute Gasteiger partial charge is 0.0265 e. The van der Waals surface area contributed by atoms with Gasteiger partial charge in [0.15, 0.2) is 0 Å². The Kier molecular flexibility index (Phi) is 3.89. The lowest BCUT2D eigenvalue weighted by atomic mass is 10.1. The van der Waals surface area contributed by atoms with Crippen molar-refractivity contribution >= 4 is 23.6 Å². The van der Waals surface area contributed by atoms with E-state index < -0.39 is 0 Å². The van der Waals surface area contributed by atoms with E-state index >= 15 is 0 Å². The molecular formula is C6H13Cl2N3. The Morgan fingerprint density at radius 3 is 2.36 bits per heavy atom. The number of likely N-dealkylation sites (tertiary alicyclic amines) is 1. The van der Waals surface area contributed by atoms with Gasteiger partial charge in [0.2, 0.25) is 0 Å². The first-order chi connectivity index (χ1) is 5.18. The minimum absolute atomic E-state index is 0.432. The first-order valence-corrected chi connectivity index (χ1v) is 4.42. The van der Waals surface area contributed by atoms with Gasteiger partial charge < -0.3 is 4.90 Å². The summed E-state index contributed by atoms with van der Waals surface area (Å²) < 4.78 is 0.996. The lowest BCUT2D eigenvalue weighted by molar-refractivity contribution is 0.214. The van der Waals surface area contributed by atoms with E-state index in [2.05, 4.69) is 17.4 Å². The van der Waals surface area contributed by atoms with Crippen LogP contribution in [0.15, 0.2) is 0 Å². The molecule has 1 aliphatic rings. The van der Waals surface area contributed by atoms with Gasteiger partial charge in [-0.05, 0) is 33.0 Å². The minimum atomic E-state index is 0.432. The SMILES string of the molecule is CN1CCC(NN(Cl)Cl)CC1. The lowest BCUT2D eigenvalue weighted by Gasteiger charge is -2.29. The number of hydrazine groups is 1. The fourth-order valence-corrected chi connectivity index (χ4v) is 1.55. The Morgan fingerprint density at radius 1 is 1.36 bits per heavy atom. The quantitative estimate of drug-likeness (QED) is 0.531. The zero-order valence-electron chi connectivity index (χ0n) is 6.56. The molecule has 0 atom stereocenters. The predicted octanol–water partition coefficient (Wildman–Crippen LogP) is 1.19. The third-order valence-electron chi connectivity index (χ3n) is 2.00. The average molecular weight is 198 g/mol. The summed E-state index contributed by atoms with van der Waals surface area (Å²) in [7, 11) is 2.12. The molecule has 5 heteroatoms. The number of rotatable bonds is 2. The molecular weight excluding hydrogens is 185 g/mol. The first-order valence-electron chi connectivity index (χ1n) is 3.75. The van der Waals surface area contributed by atoms with Crippen LogP contribution in [-0.2, 0) is 0 Å². The van der Waals surface area contributed by atoms with Crippen LogP contribution >= 0.6 is 23.6 Å². The summed E-state index contributed by atoms with van der Waals surface area (Å²) >= 11 is 10.8. The largest absolute Gasteiger partial charge is 0.306 e. The highest BCUT2D eigenvalue weighted by Gasteiger charge is 2.17. The molecule has 0 aliphatic carbocycles. The number of halogens is 2. The highest BCUT2D eigenvalue weighted by molar-refractivity contribution is 6.33. The standard InChI is InChI=1S/C6H13Cl2N3/c1-10-4-2-6(3-5-10)9-11(7)8/h6,9H,2-5H2,1H3. The molecule has 0 saturated carbocycles. The van der Waals surface area contributed by atoms with Crippen molar-refractivity contribution in [2.75, 3.05) is 20.1 Å². The van der Waals surface area contributed by atoms with Gasteiger partial charge in [-0.2, -0.15) is 0 Å². The zero-order chi connectivity index (χ0) is 8.27. The van der Waals surface area contributed by atoms with Crippen molar-refractivity contribution in [2.24, 2.45) is 0 Å². The maximum atomic E-state index is 5.42. The van der Waals surface area contributed by atoms with Crippen LogP contribution in [0, 0.1) is 0 Å². The third-order valence-corrected chi connectivity index (χ3v) is 2.19. The van der Waals surface area contributed by atoms with E-state index in [1.54, 1.807) is 0 Å². The molecule has 0 amide bonds. The van der Waals surface area contributed by atoms with Crippen molar-refractivity contribution < 1.29 is 0 Å². The van der Waals surface area contributed by atoms with Gasteiger partial charge in [-0.15, -0.1) is 0 Å². The second kappa shape index (κ2) is 4.48. The van der Waals surface area contributed by atoms with Crippen LogP contribution in [-0.4, -0.2) is 35.1 Å². The van der Waals surface area contributed by atoms with E-state index in [4.69, 9.17) is 23.6 Å². The Morgan fingerprint density at radius 2 is 1.91 bits per heavy atom. The summed E-state index contributed by atoms with van der Waals surface area (Å²) in [6, 6.07) is 0.432. The van der Waals surface area contributed by atoms with Crippen molar-refractivity contribution in [1.82, 2.24) is 14.4 Å².